The number of hydrogen-bond donors (Lipinski definition) is 2. The SMILES string of the molecule is Cl.O=C1COc2c(cccc2C(=O)N2CCNCC2c2cccc(F)c2)N1. The number of nitrogens with zero attached hydrogens (tertiary/aromatic N) is 1. The van der Waals surface area contributed by atoms with Crippen LogP contribution in [0, 0.1) is 5.82 Å². The number of nitrogens with one attached hydrogen (secondary N) is 2. The van der Waals surface area contributed by atoms with Gasteiger partial charge in [-0.15, -0.1) is 12.4 Å². The molecule has 0 aliphatic carbocycles. The van der Waals surface area contributed by atoms with E-state index in [0.29, 0.717) is 36.6 Å². The third-order valence-corrected chi connectivity index (χ3v) is 4.60. The van der Waals surface area contributed by atoms with Crippen LogP contribution in [0.1, 0.15) is 22.0 Å². The van der Waals surface area contributed by atoms with Gasteiger partial charge in [0, 0.05) is 19.6 Å². The maximum atomic E-state index is 13.7. The summed E-state index contributed by atoms with van der Waals surface area (Å²) < 4.78 is 19.2. The molecule has 0 bridgehead atoms. The van der Waals surface area contributed by atoms with Gasteiger partial charge in [0.2, 0.25) is 0 Å². The van der Waals surface area contributed by atoms with Crippen LogP contribution in [0.25, 0.3) is 0 Å². The van der Waals surface area contributed by atoms with Gasteiger partial charge in [-0.05, 0) is 29.8 Å². The molecular weight excluding hydrogens is 373 g/mol. The number of amides is 2. The Kier molecular flexibility index (Phi) is 5.62. The van der Waals surface area contributed by atoms with Gasteiger partial charge in [0.15, 0.2) is 12.4 Å². The maximum absolute atomic E-state index is 13.7. The predicted molar refractivity (Wildman–Crippen MR) is 101 cm³/mol. The highest BCUT2D eigenvalue weighted by molar-refractivity contribution is 6.03. The van der Waals surface area contributed by atoms with Gasteiger partial charge < -0.3 is 20.3 Å². The molecule has 2 heterocycles. The Bertz CT molecular complexity index is 877. The van der Waals surface area contributed by atoms with E-state index in [4.69, 9.17) is 4.74 Å². The normalized spacial score (nSPS) is 18.6. The van der Waals surface area contributed by atoms with Gasteiger partial charge in [-0.1, -0.05) is 18.2 Å². The molecule has 2 aromatic rings. The fourth-order valence-electron chi connectivity index (χ4n) is 3.40. The summed E-state index contributed by atoms with van der Waals surface area (Å²) in [6.45, 7) is 1.58. The minimum absolute atomic E-state index is 0. The highest BCUT2D eigenvalue weighted by Crippen LogP contribution is 2.34. The molecule has 27 heavy (non-hydrogen) atoms. The third kappa shape index (κ3) is 3.74. The number of anilines is 1. The van der Waals surface area contributed by atoms with Crippen LogP contribution >= 0.6 is 12.4 Å². The molecule has 2 N–H and O–H groups in total. The average molecular weight is 392 g/mol. The summed E-state index contributed by atoms with van der Waals surface area (Å²) in [5.74, 6) is -0.395. The lowest BCUT2D eigenvalue weighted by Crippen LogP contribution is -2.48. The summed E-state index contributed by atoms with van der Waals surface area (Å²) in [5.41, 5.74) is 1.62. The summed E-state index contributed by atoms with van der Waals surface area (Å²) in [5, 5.41) is 5.96. The van der Waals surface area contributed by atoms with Gasteiger partial charge in [-0.25, -0.2) is 4.39 Å². The Morgan fingerprint density at radius 3 is 2.85 bits per heavy atom. The molecule has 0 aromatic heterocycles. The Morgan fingerprint density at radius 2 is 2.04 bits per heavy atom. The number of carbonyl (C=O) groups is 2. The summed E-state index contributed by atoms with van der Waals surface area (Å²) >= 11 is 0. The lowest BCUT2D eigenvalue weighted by Gasteiger charge is -2.37. The second kappa shape index (κ2) is 7.94. The van der Waals surface area contributed by atoms with Gasteiger partial charge in [0.05, 0.1) is 17.3 Å². The molecule has 8 heteroatoms. The summed E-state index contributed by atoms with van der Waals surface area (Å²) in [6.07, 6.45) is 0. The van der Waals surface area contributed by atoms with Crippen molar-refractivity contribution in [3.63, 3.8) is 0 Å². The maximum Gasteiger partial charge on any atom is 0.262 e. The first-order chi connectivity index (χ1) is 12.6. The molecule has 0 saturated carbocycles. The van der Waals surface area contributed by atoms with Crippen molar-refractivity contribution in [1.82, 2.24) is 10.2 Å². The van der Waals surface area contributed by atoms with E-state index in [2.05, 4.69) is 10.6 Å². The van der Waals surface area contributed by atoms with Gasteiger partial charge in [-0.3, -0.25) is 9.59 Å². The van der Waals surface area contributed by atoms with E-state index in [9.17, 15) is 14.0 Å². The molecule has 1 atom stereocenters. The van der Waals surface area contributed by atoms with Crippen LogP contribution in [-0.4, -0.2) is 43.0 Å². The number of ether oxygens (including phenoxy) is 1. The molecular formula is C19H19ClFN3O3. The number of benzene rings is 2. The van der Waals surface area contributed by atoms with Crippen LogP contribution in [-0.2, 0) is 4.79 Å². The summed E-state index contributed by atoms with van der Waals surface area (Å²) in [4.78, 5) is 26.5. The largest absolute Gasteiger partial charge is 0.481 e. The molecule has 2 aliphatic rings. The lowest BCUT2D eigenvalue weighted by atomic mass is 10.0. The Hall–Kier alpha value is -2.64. The summed E-state index contributed by atoms with van der Waals surface area (Å²) in [6, 6.07) is 11.1. The van der Waals surface area contributed by atoms with E-state index in [1.165, 1.54) is 12.1 Å². The quantitative estimate of drug-likeness (QED) is 0.824. The second-order valence-electron chi connectivity index (χ2n) is 6.29. The Balaban J connectivity index is 0.00000210. The fraction of sp³-hybridized carbons (Fsp3) is 0.263. The minimum atomic E-state index is -0.330. The first-order valence-electron chi connectivity index (χ1n) is 8.46. The highest BCUT2D eigenvalue weighted by atomic mass is 35.5. The molecule has 0 radical (unpaired) electrons. The molecule has 142 valence electrons. The molecule has 6 nitrogen and oxygen atoms in total. The van der Waals surface area contributed by atoms with Crippen molar-refractivity contribution in [2.24, 2.45) is 0 Å². The average Bonchev–Trinajstić information content (AvgIpc) is 2.66. The Morgan fingerprint density at radius 1 is 1.22 bits per heavy atom. The topological polar surface area (TPSA) is 70.7 Å². The standard InChI is InChI=1S/C19H18FN3O3.ClH/c20-13-4-1-3-12(9-13)16-10-21-7-8-23(16)19(25)14-5-2-6-15-18(14)26-11-17(24)22-15;/h1-6,9,16,21H,7-8,10-11H2,(H,22,24);1H. The number of para-hydroxylation sites is 1. The van der Waals surface area contributed by atoms with E-state index in [-0.39, 0.29) is 42.7 Å². The first kappa shape index (κ1) is 19.1. The number of hydrogen-bond acceptors (Lipinski definition) is 4. The van der Waals surface area contributed by atoms with Gasteiger partial charge in [-0.2, -0.15) is 0 Å². The van der Waals surface area contributed by atoms with E-state index in [0.717, 1.165) is 5.56 Å². The smallest absolute Gasteiger partial charge is 0.262 e. The first-order valence-corrected chi connectivity index (χ1v) is 8.46. The molecule has 1 fully saturated rings. The predicted octanol–water partition coefficient (Wildman–Crippen LogP) is 2.37. The molecule has 4 rings (SSSR count). The van der Waals surface area contributed by atoms with E-state index in [1.807, 2.05) is 6.07 Å². The lowest BCUT2D eigenvalue weighted by molar-refractivity contribution is -0.118. The van der Waals surface area contributed by atoms with Crippen molar-refractivity contribution in [2.75, 3.05) is 31.6 Å². The molecule has 2 aliphatic heterocycles. The number of halogens is 2. The van der Waals surface area contributed by atoms with Crippen LogP contribution in [0.2, 0.25) is 0 Å². The molecule has 2 aromatic carbocycles. The minimum Gasteiger partial charge on any atom is -0.481 e. The van der Waals surface area contributed by atoms with Crippen LogP contribution in [0.3, 0.4) is 0 Å². The molecule has 2 amide bonds. The number of fused-ring (bicyclic) bond motifs is 1. The zero-order valence-electron chi connectivity index (χ0n) is 14.4. The Labute approximate surface area is 162 Å². The number of carbonyl (C=O) groups excluding carboxylic acids is 2. The van der Waals surface area contributed by atoms with Gasteiger partial charge in [0.25, 0.3) is 11.8 Å². The van der Waals surface area contributed by atoms with E-state index in [1.54, 1.807) is 29.2 Å². The van der Waals surface area contributed by atoms with Crippen molar-refractivity contribution < 1.29 is 18.7 Å². The second-order valence-corrected chi connectivity index (χ2v) is 6.29. The van der Waals surface area contributed by atoms with E-state index < -0.39 is 0 Å². The van der Waals surface area contributed by atoms with Crippen molar-refractivity contribution in [2.45, 2.75) is 6.04 Å². The van der Waals surface area contributed by atoms with Crippen LogP contribution in [0.15, 0.2) is 42.5 Å². The van der Waals surface area contributed by atoms with Gasteiger partial charge >= 0.3 is 0 Å². The zero-order chi connectivity index (χ0) is 18.1. The van der Waals surface area contributed by atoms with Crippen molar-refractivity contribution in [1.29, 1.82) is 0 Å². The van der Waals surface area contributed by atoms with Crippen LogP contribution < -0.4 is 15.4 Å². The zero-order valence-corrected chi connectivity index (χ0v) is 15.2. The molecule has 1 unspecified atom stereocenters. The van der Waals surface area contributed by atoms with Crippen LogP contribution in [0.5, 0.6) is 5.75 Å². The highest BCUT2D eigenvalue weighted by Gasteiger charge is 2.32. The fourth-order valence-corrected chi connectivity index (χ4v) is 3.40. The third-order valence-electron chi connectivity index (χ3n) is 4.60. The summed E-state index contributed by atoms with van der Waals surface area (Å²) in [7, 11) is 0. The van der Waals surface area contributed by atoms with Gasteiger partial charge in [0.1, 0.15) is 5.82 Å². The number of piperazine rings is 1. The molecule has 0 spiro atoms. The van der Waals surface area contributed by atoms with Crippen molar-refractivity contribution in [3.8, 4) is 5.75 Å². The number of rotatable bonds is 2. The monoisotopic (exact) mass is 391 g/mol. The van der Waals surface area contributed by atoms with Crippen molar-refractivity contribution >= 4 is 29.9 Å². The van der Waals surface area contributed by atoms with E-state index >= 15 is 0 Å². The van der Waals surface area contributed by atoms with Crippen LogP contribution in [0.4, 0.5) is 10.1 Å². The molecule has 1 saturated heterocycles. The van der Waals surface area contributed by atoms with Crippen molar-refractivity contribution in [3.05, 3.63) is 59.4 Å².